The van der Waals surface area contributed by atoms with Gasteiger partial charge in [0, 0.05) is 21.9 Å². The number of nitrogens with zero attached hydrogens (tertiary/aromatic N) is 1. The zero-order valence-electron chi connectivity index (χ0n) is 17.1. The highest BCUT2D eigenvalue weighted by atomic mass is 32.2. The van der Waals surface area contributed by atoms with E-state index < -0.39 is 0 Å². The zero-order valence-corrected chi connectivity index (χ0v) is 17.9. The van der Waals surface area contributed by atoms with Crippen LogP contribution in [0.1, 0.15) is 53.6 Å². The third-order valence-corrected chi connectivity index (χ3v) is 8.44. The van der Waals surface area contributed by atoms with Crippen molar-refractivity contribution in [1.82, 2.24) is 4.90 Å². The zero-order chi connectivity index (χ0) is 20.0. The molecule has 0 amide bonds. The second kappa shape index (κ2) is 7.48. The smallest absolute Gasteiger partial charge is 0.176 e. The Morgan fingerprint density at radius 3 is 2.79 bits per heavy atom. The Morgan fingerprint density at radius 1 is 1.17 bits per heavy atom. The minimum Gasteiger partial charge on any atom is -0.508 e. The molecule has 29 heavy (non-hydrogen) atoms. The average molecular weight is 408 g/mol. The molecule has 4 heteroatoms. The van der Waals surface area contributed by atoms with Gasteiger partial charge in [0.2, 0.25) is 0 Å². The molecule has 1 aliphatic heterocycles. The van der Waals surface area contributed by atoms with Crippen LogP contribution in [0.3, 0.4) is 0 Å². The highest BCUT2D eigenvalue weighted by molar-refractivity contribution is 7.98. The van der Waals surface area contributed by atoms with E-state index in [2.05, 4.69) is 17.2 Å². The molecule has 0 aromatic heterocycles. The Kier molecular flexibility index (Phi) is 4.95. The summed E-state index contributed by atoms with van der Waals surface area (Å²) in [6, 6.07) is 14.5. The molecule has 152 valence electrons. The first-order chi connectivity index (χ1) is 14.1. The third kappa shape index (κ3) is 3.21. The highest BCUT2D eigenvalue weighted by Gasteiger charge is 2.53. The molecular weight excluding hydrogens is 378 g/mol. The Bertz CT molecular complexity index is 925. The van der Waals surface area contributed by atoms with E-state index in [1.165, 1.54) is 41.7 Å². The fourth-order valence-electron chi connectivity index (χ4n) is 6.32. The summed E-state index contributed by atoms with van der Waals surface area (Å²) in [5.41, 5.74) is 3.81. The SMILES string of the molecule is CSc1ccc(C(=O)CN2CC[C@]34CCCC[C@H]3[C@H]2Cc2ccc(O)cc24)cc1. The summed E-state index contributed by atoms with van der Waals surface area (Å²) in [5, 5.41) is 10.2. The topological polar surface area (TPSA) is 40.5 Å². The maximum atomic E-state index is 13.0. The number of ketones is 1. The second-order valence-electron chi connectivity index (χ2n) is 8.99. The number of phenols is 1. The maximum absolute atomic E-state index is 13.0. The lowest BCUT2D eigenvalue weighted by Gasteiger charge is -2.59. The minimum atomic E-state index is 0.203. The lowest BCUT2D eigenvalue weighted by molar-refractivity contribution is -0.00848. The van der Waals surface area contributed by atoms with Gasteiger partial charge in [-0.05, 0) is 79.8 Å². The number of aromatic hydroxyl groups is 1. The van der Waals surface area contributed by atoms with Crippen LogP contribution < -0.4 is 0 Å². The lowest BCUT2D eigenvalue weighted by Crippen LogP contribution is -2.61. The fraction of sp³-hybridized carbons (Fsp3) is 0.480. The van der Waals surface area contributed by atoms with Crippen LogP contribution in [0.15, 0.2) is 47.4 Å². The van der Waals surface area contributed by atoms with Gasteiger partial charge in [-0.1, -0.05) is 31.0 Å². The molecule has 2 aliphatic carbocycles. The first kappa shape index (κ1) is 19.2. The van der Waals surface area contributed by atoms with Crippen LogP contribution >= 0.6 is 11.8 Å². The van der Waals surface area contributed by atoms with Crippen molar-refractivity contribution < 1.29 is 9.90 Å². The van der Waals surface area contributed by atoms with Crippen LogP contribution in [0, 0.1) is 5.92 Å². The number of carbonyl (C=O) groups is 1. The van der Waals surface area contributed by atoms with Crippen LogP contribution in [0.2, 0.25) is 0 Å². The molecule has 3 nitrogen and oxygen atoms in total. The van der Waals surface area contributed by atoms with Gasteiger partial charge in [0.25, 0.3) is 0 Å². The number of carbonyl (C=O) groups excluding carboxylic acids is 1. The van der Waals surface area contributed by atoms with E-state index in [1.54, 1.807) is 11.8 Å². The summed E-state index contributed by atoms with van der Waals surface area (Å²) in [7, 11) is 0. The molecule has 0 unspecified atom stereocenters. The largest absolute Gasteiger partial charge is 0.508 e. The van der Waals surface area contributed by atoms with E-state index in [9.17, 15) is 9.90 Å². The molecule has 3 atom stereocenters. The Balaban J connectivity index is 1.43. The molecule has 3 aliphatic rings. The number of Topliss-reactive ketones (excluding diaryl/α,β-unsaturated/α-hetero) is 1. The number of piperidine rings is 1. The maximum Gasteiger partial charge on any atom is 0.176 e. The van der Waals surface area contributed by atoms with Gasteiger partial charge in [-0.2, -0.15) is 0 Å². The number of hydrogen-bond donors (Lipinski definition) is 1. The van der Waals surface area contributed by atoms with E-state index in [0.29, 0.717) is 24.3 Å². The minimum absolute atomic E-state index is 0.203. The molecular formula is C25H29NO2S. The van der Waals surface area contributed by atoms with Crippen LogP contribution in [0.4, 0.5) is 0 Å². The fourth-order valence-corrected chi connectivity index (χ4v) is 6.73. The molecule has 1 heterocycles. The Morgan fingerprint density at radius 2 is 2.00 bits per heavy atom. The molecule has 2 fully saturated rings. The molecule has 2 bridgehead atoms. The van der Waals surface area contributed by atoms with Crippen molar-refractivity contribution in [2.24, 2.45) is 5.92 Å². The van der Waals surface area contributed by atoms with Crippen molar-refractivity contribution in [2.75, 3.05) is 19.3 Å². The first-order valence-corrected chi connectivity index (χ1v) is 12.1. The van der Waals surface area contributed by atoms with Gasteiger partial charge in [-0.25, -0.2) is 0 Å². The summed E-state index contributed by atoms with van der Waals surface area (Å²) in [6.07, 6.45) is 9.19. The quantitative estimate of drug-likeness (QED) is 0.568. The van der Waals surface area contributed by atoms with Gasteiger partial charge in [-0.3, -0.25) is 9.69 Å². The van der Waals surface area contributed by atoms with Crippen molar-refractivity contribution in [3.05, 3.63) is 59.2 Å². The molecule has 1 saturated heterocycles. The van der Waals surface area contributed by atoms with Gasteiger partial charge < -0.3 is 5.11 Å². The van der Waals surface area contributed by atoms with Gasteiger partial charge in [0.1, 0.15) is 5.75 Å². The average Bonchev–Trinajstić information content (AvgIpc) is 2.76. The number of phenolic OH excluding ortho intramolecular Hbond substituents is 1. The van der Waals surface area contributed by atoms with E-state index in [4.69, 9.17) is 0 Å². The normalized spacial score (nSPS) is 28.4. The third-order valence-electron chi connectivity index (χ3n) is 7.69. The number of fused-ring (bicyclic) bond motifs is 1. The van der Waals surface area contributed by atoms with Crippen molar-refractivity contribution in [3.8, 4) is 5.75 Å². The first-order valence-electron chi connectivity index (χ1n) is 10.8. The number of benzene rings is 2. The molecule has 0 radical (unpaired) electrons. The van der Waals surface area contributed by atoms with Crippen molar-refractivity contribution in [1.29, 1.82) is 0 Å². The van der Waals surface area contributed by atoms with Gasteiger partial charge in [0.15, 0.2) is 5.78 Å². The Hall–Kier alpha value is -1.78. The van der Waals surface area contributed by atoms with Crippen molar-refractivity contribution in [2.45, 2.75) is 54.9 Å². The predicted molar refractivity (Wildman–Crippen MR) is 118 cm³/mol. The highest BCUT2D eigenvalue weighted by Crippen LogP contribution is 2.56. The van der Waals surface area contributed by atoms with Crippen LogP contribution in [0.5, 0.6) is 5.75 Å². The molecule has 1 N–H and O–H groups in total. The second-order valence-corrected chi connectivity index (χ2v) is 9.87. The molecule has 1 saturated carbocycles. The summed E-state index contributed by atoms with van der Waals surface area (Å²) in [4.78, 5) is 16.7. The van der Waals surface area contributed by atoms with Gasteiger partial charge >= 0.3 is 0 Å². The standard InChI is InChI=1S/C25H29NO2S/c1-29-20-9-6-17(7-10-20)24(28)16-26-13-12-25-11-3-2-4-21(25)23(26)14-18-5-8-19(27)15-22(18)25/h5-10,15,21,23,27H,2-4,11-14,16H2,1H3/t21-,23+,25+/m0/s1. The summed E-state index contributed by atoms with van der Waals surface area (Å²) >= 11 is 1.70. The molecule has 0 spiro atoms. The summed E-state index contributed by atoms with van der Waals surface area (Å²) < 4.78 is 0. The van der Waals surface area contributed by atoms with Gasteiger partial charge in [0.05, 0.1) is 6.54 Å². The number of likely N-dealkylation sites (tertiary alicyclic amines) is 1. The van der Waals surface area contributed by atoms with Crippen molar-refractivity contribution >= 4 is 17.5 Å². The van der Waals surface area contributed by atoms with Crippen LogP contribution in [0.25, 0.3) is 0 Å². The number of hydrogen-bond acceptors (Lipinski definition) is 4. The molecule has 2 aromatic carbocycles. The van der Waals surface area contributed by atoms with Gasteiger partial charge in [-0.15, -0.1) is 11.8 Å². The van der Waals surface area contributed by atoms with E-state index >= 15 is 0 Å². The summed E-state index contributed by atoms with van der Waals surface area (Å²) in [6.45, 7) is 1.49. The molecule has 2 aromatic rings. The predicted octanol–water partition coefficient (Wildman–Crippen LogP) is 5.06. The monoisotopic (exact) mass is 407 g/mol. The van der Waals surface area contributed by atoms with E-state index in [0.717, 1.165) is 24.9 Å². The lowest BCUT2D eigenvalue weighted by atomic mass is 9.52. The molecule has 5 rings (SSSR count). The number of thioether (sulfide) groups is 1. The Labute approximate surface area is 177 Å². The van der Waals surface area contributed by atoms with Crippen molar-refractivity contribution in [3.63, 3.8) is 0 Å². The van der Waals surface area contributed by atoms with E-state index in [-0.39, 0.29) is 11.2 Å². The van der Waals surface area contributed by atoms with E-state index in [1.807, 2.05) is 36.4 Å². The van der Waals surface area contributed by atoms with Crippen LogP contribution in [-0.2, 0) is 11.8 Å². The van der Waals surface area contributed by atoms with Crippen LogP contribution in [-0.4, -0.2) is 41.2 Å². The number of rotatable bonds is 4. The summed E-state index contributed by atoms with van der Waals surface area (Å²) in [5.74, 6) is 1.23.